The molecule has 0 spiro atoms. The molecule has 1 heterocycles. The molecule has 2 heteroatoms. The summed E-state index contributed by atoms with van der Waals surface area (Å²) < 4.78 is 5.84. The highest BCUT2D eigenvalue weighted by Gasteiger charge is 2.28. The van der Waals surface area contributed by atoms with Crippen LogP contribution in [0.5, 0.6) is 0 Å². The lowest BCUT2D eigenvalue weighted by atomic mass is 9.90. The molecule has 0 aromatic rings. The Labute approximate surface area is 93.0 Å². The van der Waals surface area contributed by atoms with Crippen molar-refractivity contribution in [1.29, 1.82) is 0 Å². The van der Waals surface area contributed by atoms with Crippen LogP contribution in [0.25, 0.3) is 0 Å². The predicted molar refractivity (Wildman–Crippen MR) is 60.8 cm³/mol. The summed E-state index contributed by atoms with van der Waals surface area (Å²) in [6.45, 7) is 2.16. The minimum absolute atomic E-state index is 0.0630. The highest BCUT2D eigenvalue weighted by Crippen LogP contribution is 2.31. The van der Waals surface area contributed by atoms with Crippen LogP contribution in [0.15, 0.2) is 0 Å². The van der Waals surface area contributed by atoms with Gasteiger partial charge in [0, 0.05) is 0 Å². The van der Waals surface area contributed by atoms with E-state index in [1.165, 1.54) is 38.5 Å². The minimum atomic E-state index is -0.0630. The van der Waals surface area contributed by atoms with Crippen LogP contribution in [0.2, 0.25) is 0 Å². The molecule has 2 aliphatic rings. The van der Waals surface area contributed by atoms with Crippen molar-refractivity contribution in [3.8, 4) is 0 Å². The van der Waals surface area contributed by atoms with Crippen LogP contribution >= 0.6 is 0 Å². The number of rotatable bonds is 2. The average Bonchev–Trinajstić information content (AvgIpc) is 2.50. The van der Waals surface area contributed by atoms with Crippen molar-refractivity contribution < 1.29 is 9.84 Å². The van der Waals surface area contributed by atoms with Crippen LogP contribution in [0.4, 0.5) is 0 Å². The third kappa shape index (κ3) is 3.18. The normalized spacial score (nSPS) is 42.8. The molecule has 0 aromatic heterocycles. The summed E-state index contributed by atoms with van der Waals surface area (Å²) in [7, 11) is 0. The van der Waals surface area contributed by atoms with Gasteiger partial charge in [0.1, 0.15) is 0 Å². The number of hydrogen-bond acceptors (Lipinski definition) is 2. The second-order valence-corrected chi connectivity index (χ2v) is 5.35. The van der Waals surface area contributed by atoms with Gasteiger partial charge in [0.05, 0.1) is 18.3 Å². The molecular formula is C13H24O2. The quantitative estimate of drug-likeness (QED) is 0.713. The van der Waals surface area contributed by atoms with E-state index in [1.54, 1.807) is 0 Å². The molecule has 0 radical (unpaired) electrons. The molecule has 0 amide bonds. The van der Waals surface area contributed by atoms with Crippen LogP contribution in [-0.4, -0.2) is 23.4 Å². The molecule has 0 aromatic carbocycles. The standard InChI is InChI=1S/C13H24O2/c1-10-7-8-12(15-10)9-11-5-3-2-4-6-13(11)14/h10-14H,2-9H2,1H3. The van der Waals surface area contributed by atoms with Crippen LogP contribution in [-0.2, 0) is 4.74 Å². The van der Waals surface area contributed by atoms with Crippen LogP contribution < -0.4 is 0 Å². The Hall–Kier alpha value is -0.0800. The van der Waals surface area contributed by atoms with Crippen LogP contribution in [0, 0.1) is 5.92 Å². The zero-order valence-electron chi connectivity index (χ0n) is 9.82. The topological polar surface area (TPSA) is 29.5 Å². The molecule has 88 valence electrons. The summed E-state index contributed by atoms with van der Waals surface area (Å²) in [5.41, 5.74) is 0. The maximum atomic E-state index is 10.0. The van der Waals surface area contributed by atoms with Gasteiger partial charge in [0.15, 0.2) is 0 Å². The van der Waals surface area contributed by atoms with Crippen molar-refractivity contribution in [3.63, 3.8) is 0 Å². The van der Waals surface area contributed by atoms with Gasteiger partial charge < -0.3 is 9.84 Å². The number of aliphatic hydroxyl groups is 1. The van der Waals surface area contributed by atoms with E-state index in [1.807, 2.05) is 0 Å². The van der Waals surface area contributed by atoms with E-state index in [9.17, 15) is 5.11 Å². The van der Waals surface area contributed by atoms with Crippen molar-refractivity contribution in [1.82, 2.24) is 0 Å². The van der Waals surface area contributed by atoms with Gasteiger partial charge in [-0.2, -0.15) is 0 Å². The van der Waals surface area contributed by atoms with Gasteiger partial charge in [0.2, 0.25) is 0 Å². The Morgan fingerprint density at radius 1 is 1.07 bits per heavy atom. The van der Waals surface area contributed by atoms with E-state index in [0.717, 1.165) is 12.8 Å². The lowest BCUT2D eigenvalue weighted by molar-refractivity contribution is 0.0142. The number of ether oxygens (including phenoxy) is 1. The molecule has 4 atom stereocenters. The van der Waals surface area contributed by atoms with E-state index >= 15 is 0 Å². The molecule has 0 bridgehead atoms. The Morgan fingerprint density at radius 3 is 2.60 bits per heavy atom. The van der Waals surface area contributed by atoms with Crippen LogP contribution in [0.1, 0.15) is 58.3 Å². The SMILES string of the molecule is CC1CCC(CC2CCCCCC2O)O1. The lowest BCUT2D eigenvalue weighted by Gasteiger charge is -2.23. The molecule has 2 nitrogen and oxygen atoms in total. The summed E-state index contributed by atoms with van der Waals surface area (Å²) >= 11 is 0. The van der Waals surface area contributed by atoms with Crippen molar-refractivity contribution >= 4 is 0 Å². The monoisotopic (exact) mass is 212 g/mol. The fraction of sp³-hybridized carbons (Fsp3) is 1.00. The molecule has 1 saturated carbocycles. The Bertz CT molecular complexity index is 193. The molecule has 1 aliphatic carbocycles. The summed E-state index contributed by atoms with van der Waals surface area (Å²) in [4.78, 5) is 0. The molecule has 2 rings (SSSR count). The Morgan fingerprint density at radius 2 is 1.87 bits per heavy atom. The van der Waals surface area contributed by atoms with Gasteiger partial charge in [-0.15, -0.1) is 0 Å². The van der Waals surface area contributed by atoms with E-state index in [2.05, 4.69) is 6.92 Å². The molecule has 2 fully saturated rings. The summed E-state index contributed by atoms with van der Waals surface area (Å²) in [5.74, 6) is 0.503. The highest BCUT2D eigenvalue weighted by molar-refractivity contribution is 4.79. The van der Waals surface area contributed by atoms with Crippen molar-refractivity contribution in [3.05, 3.63) is 0 Å². The third-order valence-electron chi connectivity index (χ3n) is 4.00. The van der Waals surface area contributed by atoms with Gasteiger partial charge in [-0.05, 0) is 44.9 Å². The molecule has 1 N–H and O–H groups in total. The van der Waals surface area contributed by atoms with Gasteiger partial charge >= 0.3 is 0 Å². The summed E-state index contributed by atoms with van der Waals surface area (Å²) in [6, 6.07) is 0. The zero-order valence-corrected chi connectivity index (χ0v) is 9.82. The Kier molecular flexibility index (Phi) is 4.04. The van der Waals surface area contributed by atoms with E-state index in [0.29, 0.717) is 18.1 Å². The fourth-order valence-electron chi connectivity index (χ4n) is 3.04. The smallest absolute Gasteiger partial charge is 0.0583 e. The van der Waals surface area contributed by atoms with Crippen molar-refractivity contribution in [2.24, 2.45) is 5.92 Å². The minimum Gasteiger partial charge on any atom is -0.393 e. The first-order valence-electron chi connectivity index (χ1n) is 6.59. The van der Waals surface area contributed by atoms with Gasteiger partial charge in [0.25, 0.3) is 0 Å². The number of hydrogen-bond donors (Lipinski definition) is 1. The fourth-order valence-corrected chi connectivity index (χ4v) is 3.04. The summed E-state index contributed by atoms with van der Waals surface area (Å²) in [5, 5.41) is 10.0. The molecule has 1 aliphatic heterocycles. The van der Waals surface area contributed by atoms with E-state index < -0.39 is 0 Å². The number of aliphatic hydroxyl groups excluding tert-OH is 1. The lowest BCUT2D eigenvalue weighted by Crippen LogP contribution is -2.24. The van der Waals surface area contributed by atoms with E-state index in [4.69, 9.17) is 4.74 Å². The first-order chi connectivity index (χ1) is 7.25. The predicted octanol–water partition coefficient (Wildman–Crippen LogP) is 2.89. The van der Waals surface area contributed by atoms with Gasteiger partial charge in [-0.25, -0.2) is 0 Å². The van der Waals surface area contributed by atoms with Gasteiger partial charge in [-0.1, -0.05) is 19.3 Å². The second kappa shape index (κ2) is 5.31. The largest absolute Gasteiger partial charge is 0.393 e. The Balaban J connectivity index is 1.81. The third-order valence-corrected chi connectivity index (χ3v) is 4.00. The highest BCUT2D eigenvalue weighted by atomic mass is 16.5. The molecule has 1 saturated heterocycles. The van der Waals surface area contributed by atoms with Crippen LogP contribution in [0.3, 0.4) is 0 Å². The first-order valence-corrected chi connectivity index (χ1v) is 6.59. The summed E-state index contributed by atoms with van der Waals surface area (Å²) in [6.07, 6.45) is 10.3. The average molecular weight is 212 g/mol. The van der Waals surface area contributed by atoms with Crippen molar-refractivity contribution in [2.75, 3.05) is 0 Å². The van der Waals surface area contributed by atoms with Crippen molar-refractivity contribution in [2.45, 2.75) is 76.6 Å². The second-order valence-electron chi connectivity index (χ2n) is 5.35. The maximum absolute atomic E-state index is 10.0. The molecular weight excluding hydrogens is 188 g/mol. The first kappa shape index (κ1) is 11.4. The van der Waals surface area contributed by atoms with Gasteiger partial charge in [-0.3, -0.25) is 0 Å². The maximum Gasteiger partial charge on any atom is 0.0583 e. The molecule has 4 unspecified atom stereocenters. The molecule has 15 heavy (non-hydrogen) atoms. The zero-order chi connectivity index (χ0) is 10.7. The van der Waals surface area contributed by atoms with E-state index in [-0.39, 0.29) is 6.10 Å².